The van der Waals surface area contributed by atoms with Crippen LogP contribution in [-0.4, -0.2) is 30.9 Å². The molecule has 0 bridgehead atoms. The number of methoxy groups -OCH3 is 2. The molecule has 0 radical (unpaired) electrons. The normalized spacial score (nSPS) is 14.6. The zero-order chi connectivity index (χ0) is 21.3. The van der Waals surface area contributed by atoms with E-state index in [1.807, 2.05) is 0 Å². The van der Waals surface area contributed by atoms with Crippen molar-refractivity contribution in [1.82, 2.24) is 4.90 Å². The van der Waals surface area contributed by atoms with Crippen LogP contribution < -0.4 is 9.47 Å². The third kappa shape index (κ3) is 3.83. The number of imide groups is 1. The molecule has 0 unspecified atom stereocenters. The quantitative estimate of drug-likeness (QED) is 0.704. The summed E-state index contributed by atoms with van der Waals surface area (Å²) in [6.07, 6.45) is -4.48. The van der Waals surface area contributed by atoms with E-state index in [4.69, 9.17) is 9.47 Å². The van der Waals surface area contributed by atoms with Gasteiger partial charge in [0.05, 0.1) is 31.9 Å². The average Bonchev–Trinajstić information content (AvgIpc) is 2.91. The molecule has 0 fully saturated rings. The Hall–Kier alpha value is -3.29. The molecule has 2 aromatic rings. The molecular weight excluding hydrogens is 387 g/mol. The van der Waals surface area contributed by atoms with E-state index in [0.717, 1.165) is 17.0 Å². The van der Waals surface area contributed by atoms with Crippen molar-refractivity contribution in [3.05, 3.63) is 64.7 Å². The zero-order valence-electron chi connectivity index (χ0n) is 16.0. The predicted molar refractivity (Wildman–Crippen MR) is 99.1 cm³/mol. The molecule has 1 aliphatic rings. The van der Waals surface area contributed by atoms with Crippen LogP contribution in [0, 0.1) is 0 Å². The molecule has 5 nitrogen and oxygen atoms in total. The van der Waals surface area contributed by atoms with Gasteiger partial charge in [-0.05, 0) is 36.8 Å². The number of benzene rings is 2. The van der Waals surface area contributed by atoms with Gasteiger partial charge in [0.2, 0.25) is 0 Å². The van der Waals surface area contributed by atoms with Crippen LogP contribution in [-0.2, 0) is 22.3 Å². The second-order valence-corrected chi connectivity index (χ2v) is 6.45. The Bertz CT molecular complexity index is 994. The summed E-state index contributed by atoms with van der Waals surface area (Å²) in [5.41, 5.74) is 0.309. The van der Waals surface area contributed by atoms with Gasteiger partial charge in [-0.25, -0.2) is 0 Å². The summed E-state index contributed by atoms with van der Waals surface area (Å²) in [5.74, 6) is -0.0529. The first-order chi connectivity index (χ1) is 13.7. The van der Waals surface area contributed by atoms with E-state index in [0.29, 0.717) is 17.1 Å². The van der Waals surface area contributed by atoms with Gasteiger partial charge in [-0.2, -0.15) is 13.2 Å². The molecule has 1 aliphatic heterocycles. The van der Waals surface area contributed by atoms with E-state index < -0.39 is 23.6 Å². The molecular formula is C21H18F3NO4. The van der Waals surface area contributed by atoms with Gasteiger partial charge < -0.3 is 9.47 Å². The molecule has 2 amide bonds. The lowest BCUT2D eigenvalue weighted by molar-refractivity contribution is -0.138. The molecule has 1 heterocycles. The summed E-state index contributed by atoms with van der Waals surface area (Å²) in [6.45, 7) is 1.45. The first-order valence-corrected chi connectivity index (χ1v) is 8.63. The zero-order valence-corrected chi connectivity index (χ0v) is 16.0. The molecule has 0 N–H and O–H groups in total. The predicted octanol–water partition coefficient (Wildman–Crippen LogP) is 4.07. The van der Waals surface area contributed by atoms with E-state index in [1.165, 1.54) is 33.3 Å². The first kappa shape index (κ1) is 20.4. The Morgan fingerprint density at radius 2 is 1.59 bits per heavy atom. The van der Waals surface area contributed by atoms with E-state index in [1.54, 1.807) is 18.2 Å². The van der Waals surface area contributed by atoms with Gasteiger partial charge >= 0.3 is 6.18 Å². The molecule has 3 rings (SSSR count). The number of rotatable bonds is 5. The van der Waals surface area contributed by atoms with Crippen molar-refractivity contribution in [2.45, 2.75) is 19.6 Å². The van der Waals surface area contributed by atoms with Crippen LogP contribution in [0.1, 0.15) is 23.6 Å². The smallest absolute Gasteiger partial charge is 0.416 e. The fourth-order valence-electron chi connectivity index (χ4n) is 3.16. The molecule has 0 saturated carbocycles. The largest absolute Gasteiger partial charge is 0.497 e. The van der Waals surface area contributed by atoms with Crippen LogP contribution >= 0.6 is 0 Å². The van der Waals surface area contributed by atoms with E-state index in [9.17, 15) is 22.8 Å². The van der Waals surface area contributed by atoms with Crippen LogP contribution in [0.2, 0.25) is 0 Å². The highest BCUT2D eigenvalue weighted by Gasteiger charge is 2.37. The summed E-state index contributed by atoms with van der Waals surface area (Å²) < 4.78 is 48.8. The van der Waals surface area contributed by atoms with Crippen LogP contribution in [0.3, 0.4) is 0 Å². The molecule has 0 saturated heterocycles. The van der Waals surface area contributed by atoms with Crippen LogP contribution in [0.15, 0.2) is 48.0 Å². The lowest BCUT2D eigenvalue weighted by Crippen LogP contribution is -2.31. The Morgan fingerprint density at radius 3 is 2.14 bits per heavy atom. The summed E-state index contributed by atoms with van der Waals surface area (Å²) in [5, 5.41) is 0. The molecule has 0 spiro atoms. The van der Waals surface area contributed by atoms with Crippen molar-refractivity contribution < 1.29 is 32.2 Å². The molecule has 0 aliphatic carbocycles. The Kier molecular flexibility index (Phi) is 5.37. The number of carbonyl (C=O) groups excluding carboxylic acids is 2. The lowest BCUT2D eigenvalue weighted by atomic mass is 10.0. The monoisotopic (exact) mass is 405 g/mol. The molecule has 0 aromatic heterocycles. The minimum atomic E-state index is -4.48. The number of ether oxygens (including phenoxy) is 2. The van der Waals surface area contributed by atoms with Gasteiger partial charge in [-0.3, -0.25) is 14.5 Å². The van der Waals surface area contributed by atoms with Gasteiger partial charge in [0.1, 0.15) is 11.5 Å². The van der Waals surface area contributed by atoms with Crippen LogP contribution in [0.5, 0.6) is 11.5 Å². The van der Waals surface area contributed by atoms with Gasteiger partial charge in [0, 0.05) is 17.2 Å². The summed E-state index contributed by atoms with van der Waals surface area (Å²) in [4.78, 5) is 26.6. The van der Waals surface area contributed by atoms with Crippen molar-refractivity contribution in [2.75, 3.05) is 14.2 Å². The van der Waals surface area contributed by atoms with E-state index >= 15 is 0 Å². The maximum atomic E-state index is 12.9. The minimum absolute atomic E-state index is 0.0354. The van der Waals surface area contributed by atoms with Gasteiger partial charge in [-0.1, -0.05) is 12.1 Å². The Morgan fingerprint density at radius 1 is 0.931 bits per heavy atom. The fourth-order valence-corrected chi connectivity index (χ4v) is 3.16. The third-order valence-electron chi connectivity index (χ3n) is 4.72. The second kappa shape index (κ2) is 7.62. The SMILES string of the molecule is COc1ccc(CN2C(=O)C(C)=C(c3ccc(C(F)(F)F)cc3)C2=O)c(OC)c1. The molecule has 152 valence electrons. The van der Waals surface area contributed by atoms with Crippen LogP contribution in [0.25, 0.3) is 5.57 Å². The summed E-state index contributed by atoms with van der Waals surface area (Å²) in [6, 6.07) is 9.18. The maximum Gasteiger partial charge on any atom is 0.416 e. The second-order valence-electron chi connectivity index (χ2n) is 6.45. The standard InChI is InChI=1S/C21H18F3NO4/c1-12-18(13-4-7-15(8-5-13)21(22,23)24)20(27)25(19(12)26)11-14-6-9-16(28-2)10-17(14)29-3/h4-10H,11H2,1-3H3. The number of halogens is 3. The molecule has 29 heavy (non-hydrogen) atoms. The van der Waals surface area contributed by atoms with Crippen molar-refractivity contribution >= 4 is 17.4 Å². The molecule has 2 aromatic carbocycles. The lowest BCUT2D eigenvalue weighted by Gasteiger charge is -2.18. The molecule has 0 atom stereocenters. The number of hydrogen-bond donors (Lipinski definition) is 0. The maximum absolute atomic E-state index is 12.9. The van der Waals surface area contributed by atoms with Gasteiger partial charge in [0.15, 0.2) is 0 Å². The third-order valence-corrected chi connectivity index (χ3v) is 4.72. The molecule has 8 heteroatoms. The van der Waals surface area contributed by atoms with Gasteiger partial charge in [-0.15, -0.1) is 0 Å². The number of amides is 2. The van der Waals surface area contributed by atoms with Crippen molar-refractivity contribution in [3.8, 4) is 11.5 Å². The van der Waals surface area contributed by atoms with Crippen molar-refractivity contribution in [2.24, 2.45) is 0 Å². The Labute approximate surface area is 165 Å². The highest BCUT2D eigenvalue weighted by atomic mass is 19.4. The number of carbonyl (C=O) groups is 2. The van der Waals surface area contributed by atoms with Crippen molar-refractivity contribution in [3.63, 3.8) is 0 Å². The van der Waals surface area contributed by atoms with E-state index in [2.05, 4.69) is 0 Å². The number of hydrogen-bond acceptors (Lipinski definition) is 4. The highest BCUT2D eigenvalue weighted by molar-refractivity contribution is 6.35. The number of alkyl halides is 3. The average molecular weight is 405 g/mol. The highest BCUT2D eigenvalue weighted by Crippen LogP contribution is 2.35. The number of nitrogens with zero attached hydrogens (tertiary/aromatic N) is 1. The van der Waals surface area contributed by atoms with E-state index in [-0.39, 0.29) is 23.3 Å². The topological polar surface area (TPSA) is 55.8 Å². The van der Waals surface area contributed by atoms with Gasteiger partial charge in [0.25, 0.3) is 11.8 Å². The van der Waals surface area contributed by atoms with Crippen molar-refractivity contribution in [1.29, 1.82) is 0 Å². The minimum Gasteiger partial charge on any atom is -0.497 e. The first-order valence-electron chi connectivity index (χ1n) is 8.63. The fraction of sp³-hybridized carbons (Fsp3) is 0.238. The summed E-state index contributed by atoms with van der Waals surface area (Å²) in [7, 11) is 2.97. The Balaban J connectivity index is 1.89. The van der Waals surface area contributed by atoms with Crippen LogP contribution in [0.4, 0.5) is 13.2 Å². The summed E-state index contributed by atoms with van der Waals surface area (Å²) >= 11 is 0.